The van der Waals surface area contributed by atoms with Crippen LogP contribution < -0.4 is 10.1 Å². The third-order valence-corrected chi connectivity index (χ3v) is 6.02. The molecule has 4 rings (SSSR count). The Labute approximate surface area is 211 Å². The van der Waals surface area contributed by atoms with Crippen LogP contribution in [0.4, 0.5) is 5.69 Å². The molecule has 1 N–H and O–H groups in total. The lowest BCUT2D eigenvalue weighted by atomic mass is 10.2. The Morgan fingerprint density at radius 3 is 2.39 bits per heavy atom. The minimum absolute atomic E-state index is 0.0631. The number of ether oxygens (including phenoxy) is 2. The zero-order valence-electron chi connectivity index (χ0n) is 20.7. The average Bonchev–Trinajstić information content (AvgIpc) is 3.02. The van der Waals surface area contributed by atoms with Gasteiger partial charge < -0.3 is 19.7 Å². The molecule has 1 unspecified atom stereocenters. The van der Waals surface area contributed by atoms with E-state index in [1.807, 2.05) is 65.6 Å². The summed E-state index contributed by atoms with van der Waals surface area (Å²) in [6.07, 6.45) is 3.38. The summed E-state index contributed by atoms with van der Waals surface area (Å²) in [5.74, 6) is 0.744. The van der Waals surface area contributed by atoms with Crippen LogP contribution in [0, 0.1) is 0 Å². The Balaban J connectivity index is 1.47. The summed E-state index contributed by atoms with van der Waals surface area (Å²) >= 11 is 0. The van der Waals surface area contributed by atoms with Crippen molar-refractivity contribution >= 4 is 17.5 Å². The third-order valence-electron chi connectivity index (χ3n) is 6.02. The summed E-state index contributed by atoms with van der Waals surface area (Å²) in [4.78, 5) is 32.7. The molecule has 1 fully saturated rings. The van der Waals surface area contributed by atoms with E-state index in [9.17, 15) is 9.59 Å². The predicted octanol–water partition coefficient (Wildman–Crippen LogP) is 3.48. The Hall–Kier alpha value is -3.75. The first-order valence-corrected chi connectivity index (χ1v) is 12.0. The second-order valence-electron chi connectivity index (χ2n) is 8.96. The van der Waals surface area contributed by atoms with Crippen molar-refractivity contribution in [2.45, 2.75) is 32.7 Å². The molecule has 0 aliphatic carbocycles. The number of aromatic nitrogens is 1. The number of benzene rings is 2. The molecule has 188 valence electrons. The van der Waals surface area contributed by atoms with Crippen molar-refractivity contribution in [2.24, 2.45) is 0 Å². The molecular weight excluding hydrogens is 456 g/mol. The minimum atomic E-state index is -0.159. The maximum atomic E-state index is 13.3. The Morgan fingerprint density at radius 1 is 1.00 bits per heavy atom. The number of nitrogens with zero attached hydrogens (tertiary/aromatic N) is 3. The maximum Gasteiger partial charge on any atom is 0.237 e. The minimum Gasteiger partial charge on any atom is -0.497 e. The summed E-state index contributed by atoms with van der Waals surface area (Å²) < 4.78 is 11.5. The third kappa shape index (κ3) is 7.37. The van der Waals surface area contributed by atoms with Crippen molar-refractivity contribution in [3.05, 3.63) is 89.7 Å². The van der Waals surface area contributed by atoms with E-state index in [1.165, 1.54) is 6.92 Å². The average molecular weight is 489 g/mol. The van der Waals surface area contributed by atoms with Crippen LogP contribution in [0.15, 0.2) is 73.1 Å². The number of hydrogen-bond acceptors (Lipinski definition) is 6. The van der Waals surface area contributed by atoms with E-state index >= 15 is 0 Å². The van der Waals surface area contributed by atoms with Gasteiger partial charge in [-0.25, -0.2) is 0 Å². The fourth-order valence-electron chi connectivity index (χ4n) is 4.23. The molecule has 1 aliphatic heterocycles. The smallest absolute Gasteiger partial charge is 0.237 e. The van der Waals surface area contributed by atoms with Crippen LogP contribution in [0.5, 0.6) is 5.75 Å². The van der Waals surface area contributed by atoms with Crippen LogP contribution in [-0.4, -0.2) is 59.4 Å². The maximum absolute atomic E-state index is 13.3. The summed E-state index contributed by atoms with van der Waals surface area (Å²) in [5, 5.41) is 2.78. The summed E-state index contributed by atoms with van der Waals surface area (Å²) in [6.45, 7) is 4.46. The van der Waals surface area contributed by atoms with Crippen molar-refractivity contribution < 1.29 is 19.1 Å². The van der Waals surface area contributed by atoms with Gasteiger partial charge in [-0.1, -0.05) is 30.3 Å². The van der Waals surface area contributed by atoms with Crippen molar-refractivity contribution in [1.29, 1.82) is 0 Å². The number of rotatable bonds is 9. The lowest BCUT2D eigenvalue weighted by molar-refractivity contribution is -0.132. The molecule has 0 saturated carbocycles. The summed E-state index contributed by atoms with van der Waals surface area (Å²) in [6, 6.07) is 19.4. The van der Waals surface area contributed by atoms with Crippen molar-refractivity contribution in [3.63, 3.8) is 0 Å². The van der Waals surface area contributed by atoms with Gasteiger partial charge in [0.2, 0.25) is 11.8 Å². The van der Waals surface area contributed by atoms with Crippen molar-refractivity contribution in [3.8, 4) is 5.75 Å². The molecule has 2 amide bonds. The van der Waals surface area contributed by atoms with Crippen LogP contribution in [0.2, 0.25) is 0 Å². The number of amides is 2. The van der Waals surface area contributed by atoms with Gasteiger partial charge in [0.25, 0.3) is 0 Å². The second kappa shape index (κ2) is 12.3. The summed E-state index contributed by atoms with van der Waals surface area (Å²) in [5.41, 5.74) is 3.85. The molecule has 2 heterocycles. The second-order valence-corrected chi connectivity index (χ2v) is 8.96. The van der Waals surface area contributed by atoms with Crippen LogP contribution in [0.3, 0.4) is 0 Å². The van der Waals surface area contributed by atoms with Gasteiger partial charge >= 0.3 is 0 Å². The standard InChI is InChI=1S/C28H32N4O4/c1-21(33)30-25-9-5-22(6-10-25)15-31-17-27(36-20-24-4-3-13-29-14-24)18-32(28(34)19-31)16-23-7-11-26(35-2)12-8-23/h3-14,27H,15-20H2,1-2H3,(H,30,33). The Morgan fingerprint density at radius 2 is 1.72 bits per heavy atom. The quantitative estimate of drug-likeness (QED) is 0.497. The highest BCUT2D eigenvalue weighted by Crippen LogP contribution is 2.19. The van der Waals surface area contributed by atoms with Crippen LogP contribution in [0.1, 0.15) is 23.6 Å². The molecule has 0 spiro atoms. The first-order valence-electron chi connectivity index (χ1n) is 12.0. The van der Waals surface area contributed by atoms with Gasteiger partial charge in [-0.15, -0.1) is 0 Å². The van der Waals surface area contributed by atoms with E-state index in [-0.39, 0.29) is 17.9 Å². The highest BCUT2D eigenvalue weighted by Gasteiger charge is 2.28. The lowest BCUT2D eigenvalue weighted by Gasteiger charge is -2.25. The molecule has 1 atom stereocenters. The molecule has 1 aliphatic rings. The molecule has 2 aromatic carbocycles. The van der Waals surface area contributed by atoms with Crippen LogP contribution in [0.25, 0.3) is 0 Å². The highest BCUT2D eigenvalue weighted by molar-refractivity contribution is 5.88. The fraction of sp³-hybridized carbons (Fsp3) is 0.321. The summed E-state index contributed by atoms with van der Waals surface area (Å²) in [7, 11) is 1.64. The molecule has 8 heteroatoms. The molecule has 3 aromatic rings. The van der Waals surface area contributed by atoms with Gasteiger partial charge in [0.15, 0.2) is 0 Å². The number of methoxy groups -OCH3 is 1. The van der Waals surface area contributed by atoms with Gasteiger partial charge in [0.1, 0.15) is 5.75 Å². The van der Waals surface area contributed by atoms with Gasteiger partial charge in [0.05, 0.1) is 26.4 Å². The van der Waals surface area contributed by atoms with Crippen LogP contribution >= 0.6 is 0 Å². The lowest BCUT2D eigenvalue weighted by Crippen LogP contribution is -2.37. The van der Waals surface area contributed by atoms with Gasteiger partial charge in [-0.05, 0) is 47.0 Å². The SMILES string of the molecule is COc1ccc(CN2CC(OCc3cccnc3)CN(Cc3ccc(NC(C)=O)cc3)CC2=O)cc1. The van der Waals surface area contributed by atoms with Crippen molar-refractivity contribution in [1.82, 2.24) is 14.8 Å². The molecule has 0 bridgehead atoms. The Kier molecular flexibility index (Phi) is 8.65. The van der Waals surface area contributed by atoms with E-state index in [1.54, 1.807) is 19.5 Å². The first-order chi connectivity index (χ1) is 17.5. The number of hydrogen-bond donors (Lipinski definition) is 1. The predicted molar refractivity (Wildman–Crippen MR) is 137 cm³/mol. The largest absolute Gasteiger partial charge is 0.497 e. The van der Waals surface area contributed by atoms with Gasteiger partial charge in [0, 0.05) is 51.2 Å². The van der Waals surface area contributed by atoms with Gasteiger partial charge in [-0.2, -0.15) is 0 Å². The molecule has 1 saturated heterocycles. The zero-order chi connectivity index (χ0) is 25.3. The Bertz CT molecular complexity index is 1140. The number of anilines is 1. The number of pyridine rings is 1. The molecule has 0 radical (unpaired) electrons. The van der Waals surface area contributed by atoms with E-state index in [2.05, 4.69) is 15.2 Å². The highest BCUT2D eigenvalue weighted by atomic mass is 16.5. The molecular formula is C28H32N4O4. The fourth-order valence-corrected chi connectivity index (χ4v) is 4.23. The van der Waals surface area contributed by atoms with E-state index < -0.39 is 0 Å². The monoisotopic (exact) mass is 488 g/mol. The molecule has 8 nitrogen and oxygen atoms in total. The van der Waals surface area contributed by atoms with E-state index in [0.717, 1.165) is 28.1 Å². The number of carbonyl (C=O) groups excluding carboxylic acids is 2. The van der Waals surface area contributed by atoms with E-state index in [4.69, 9.17) is 9.47 Å². The first kappa shape index (κ1) is 25.3. The number of nitrogens with one attached hydrogen (secondary N) is 1. The molecule has 1 aromatic heterocycles. The van der Waals surface area contributed by atoms with E-state index in [0.29, 0.717) is 39.3 Å². The number of carbonyl (C=O) groups is 2. The topological polar surface area (TPSA) is 84.0 Å². The van der Waals surface area contributed by atoms with Gasteiger partial charge in [-0.3, -0.25) is 19.5 Å². The van der Waals surface area contributed by atoms with Crippen LogP contribution in [-0.2, 0) is 34.0 Å². The molecule has 36 heavy (non-hydrogen) atoms. The van der Waals surface area contributed by atoms with Crippen molar-refractivity contribution in [2.75, 3.05) is 32.1 Å². The normalized spacial score (nSPS) is 16.4. The zero-order valence-corrected chi connectivity index (χ0v) is 20.7.